The Bertz CT molecular complexity index is 612. The molecule has 0 heterocycles. The highest BCUT2D eigenvalue weighted by Gasteiger charge is 2.62. The van der Waals surface area contributed by atoms with Gasteiger partial charge in [0.2, 0.25) is 0 Å². The highest BCUT2D eigenvalue weighted by Crippen LogP contribution is 2.68. The van der Waals surface area contributed by atoms with Crippen LogP contribution in [0.3, 0.4) is 0 Å². The molecule has 4 aliphatic rings. The molecule has 0 saturated heterocycles. The van der Waals surface area contributed by atoms with Crippen LogP contribution in [-0.2, 0) is 4.79 Å². The van der Waals surface area contributed by atoms with Gasteiger partial charge in [-0.2, -0.15) is 0 Å². The molecule has 0 aliphatic heterocycles. The number of rotatable bonds is 5. The SMILES string of the molecule is CC(C)CCCC(C)C1CCC2C3C(CCC12C)C1(C)CCC(=O)CC1C[C@H]3O. The molecule has 0 aromatic rings. The molecule has 0 aromatic heterocycles. The fourth-order valence-electron chi connectivity index (χ4n) is 9.04. The lowest BCUT2D eigenvalue weighted by Crippen LogP contribution is -2.58. The molecule has 4 saturated carbocycles. The maximum Gasteiger partial charge on any atom is 0.133 e. The molecule has 0 amide bonds. The Labute approximate surface area is 179 Å². The molecule has 8 unspecified atom stereocenters. The van der Waals surface area contributed by atoms with Crippen molar-refractivity contribution in [3.05, 3.63) is 0 Å². The predicted molar refractivity (Wildman–Crippen MR) is 119 cm³/mol. The maximum absolute atomic E-state index is 12.1. The van der Waals surface area contributed by atoms with Crippen LogP contribution in [0.15, 0.2) is 0 Å². The van der Waals surface area contributed by atoms with Gasteiger partial charge in [0, 0.05) is 12.8 Å². The Morgan fingerprint density at radius 3 is 2.45 bits per heavy atom. The third-order valence-corrected chi connectivity index (χ3v) is 10.7. The van der Waals surface area contributed by atoms with Crippen molar-refractivity contribution in [2.75, 3.05) is 0 Å². The molecule has 0 bridgehead atoms. The predicted octanol–water partition coefficient (Wildman–Crippen LogP) is 6.65. The summed E-state index contributed by atoms with van der Waals surface area (Å²) in [7, 11) is 0. The Morgan fingerprint density at radius 1 is 1.00 bits per heavy atom. The van der Waals surface area contributed by atoms with E-state index in [-0.39, 0.29) is 6.10 Å². The number of aliphatic hydroxyl groups excluding tert-OH is 1. The average molecular weight is 403 g/mol. The van der Waals surface area contributed by atoms with E-state index in [4.69, 9.17) is 0 Å². The van der Waals surface area contributed by atoms with E-state index in [1.807, 2.05) is 0 Å². The first-order valence-electron chi connectivity index (χ1n) is 12.9. The van der Waals surface area contributed by atoms with Crippen LogP contribution in [0.4, 0.5) is 0 Å². The smallest absolute Gasteiger partial charge is 0.133 e. The summed E-state index contributed by atoms with van der Waals surface area (Å²) in [6.45, 7) is 12.3. The lowest BCUT2D eigenvalue weighted by molar-refractivity contribution is -0.168. The van der Waals surface area contributed by atoms with Gasteiger partial charge in [0.1, 0.15) is 5.78 Å². The van der Waals surface area contributed by atoms with Gasteiger partial charge in [-0.25, -0.2) is 0 Å². The van der Waals surface area contributed by atoms with E-state index >= 15 is 0 Å². The summed E-state index contributed by atoms with van der Waals surface area (Å²) in [5, 5.41) is 11.3. The normalized spacial score (nSPS) is 48.2. The largest absolute Gasteiger partial charge is 0.393 e. The summed E-state index contributed by atoms with van der Waals surface area (Å²) in [6, 6.07) is 0. The number of Topliss-reactive ketones (excluding diaryl/α,β-unsaturated/α-hetero) is 1. The van der Waals surface area contributed by atoms with Gasteiger partial charge < -0.3 is 5.11 Å². The van der Waals surface area contributed by atoms with Gasteiger partial charge in [-0.3, -0.25) is 4.79 Å². The van der Waals surface area contributed by atoms with Gasteiger partial charge >= 0.3 is 0 Å². The minimum absolute atomic E-state index is 0.177. The molecular weight excluding hydrogens is 356 g/mol. The van der Waals surface area contributed by atoms with E-state index in [9.17, 15) is 9.90 Å². The Kier molecular flexibility index (Phi) is 5.99. The molecule has 2 heteroatoms. The molecule has 4 rings (SSSR count). The zero-order chi connectivity index (χ0) is 21.0. The Balaban J connectivity index is 1.51. The van der Waals surface area contributed by atoms with Crippen molar-refractivity contribution in [2.45, 2.75) is 111 Å². The van der Waals surface area contributed by atoms with E-state index in [1.54, 1.807) is 0 Å². The van der Waals surface area contributed by atoms with Gasteiger partial charge in [0.05, 0.1) is 6.10 Å². The minimum atomic E-state index is -0.177. The molecule has 4 fully saturated rings. The van der Waals surface area contributed by atoms with E-state index < -0.39 is 0 Å². The number of ketones is 1. The minimum Gasteiger partial charge on any atom is -0.393 e. The monoisotopic (exact) mass is 402 g/mol. The molecule has 1 N–H and O–H groups in total. The maximum atomic E-state index is 12.1. The third-order valence-electron chi connectivity index (χ3n) is 10.7. The molecule has 2 nitrogen and oxygen atoms in total. The summed E-state index contributed by atoms with van der Waals surface area (Å²) < 4.78 is 0. The summed E-state index contributed by atoms with van der Waals surface area (Å²) in [5.74, 6) is 5.16. The zero-order valence-electron chi connectivity index (χ0n) is 19.8. The van der Waals surface area contributed by atoms with Crippen LogP contribution in [0.2, 0.25) is 0 Å². The molecule has 0 radical (unpaired) electrons. The Hall–Kier alpha value is -0.370. The van der Waals surface area contributed by atoms with Crippen LogP contribution in [-0.4, -0.2) is 17.0 Å². The van der Waals surface area contributed by atoms with Crippen molar-refractivity contribution in [2.24, 2.45) is 52.3 Å². The highest BCUT2D eigenvalue weighted by atomic mass is 16.3. The van der Waals surface area contributed by atoms with Crippen LogP contribution < -0.4 is 0 Å². The average Bonchev–Trinajstić information content (AvgIpc) is 3.00. The fourth-order valence-corrected chi connectivity index (χ4v) is 9.04. The van der Waals surface area contributed by atoms with Crippen LogP contribution in [0.5, 0.6) is 0 Å². The number of carbonyl (C=O) groups is 1. The van der Waals surface area contributed by atoms with Crippen molar-refractivity contribution < 1.29 is 9.90 Å². The van der Waals surface area contributed by atoms with Crippen molar-refractivity contribution >= 4 is 5.78 Å². The molecule has 4 aliphatic carbocycles. The van der Waals surface area contributed by atoms with E-state index in [1.165, 1.54) is 44.9 Å². The molecule has 9 atom stereocenters. The van der Waals surface area contributed by atoms with Gasteiger partial charge in [-0.1, -0.05) is 53.9 Å². The molecule has 0 aromatic carbocycles. The summed E-state index contributed by atoms with van der Waals surface area (Å²) >= 11 is 0. The van der Waals surface area contributed by atoms with Crippen LogP contribution in [0, 0.1) is 52.3 Å². The number of hydrogen-bond donors (Lipinski definition) is 1. The van der Waals surface area contributed by atoms with Crippen LogP contribution >= 0.6 is 0 Å². The van der Waals surface area contributed by atoms with Crippen molar-refractivity contribution in [1.29, 1.82) is 0 Å². The lowest BCUT2D eigenvalue weighted by atomic mass is 9.44. The summed E-state index contributed by atoms with van der Waals surface area (Å²) in [4.78, 5) is 12.1. The van der Waals surface area contributed by atoms with E-state index in [0.717, 1.165) is 43.4 Å². The fraction of sp³-hybridized carbons (Fsp3) is 0.963. The zero-order valence-corrected chi connectivity index (χ0v) is 19.8. The number of carbonyl (C=O) groups excluding carboxylic acids is 1. The highest BCUT2D eigenvalue weighted by molar-refractivity contribution is 5.79. The second kappa shape index (κ2) is 7.95. The molecule has 0 spiro atoms. The lowest BCUT2D eigenvalue weighted by Gasteiger charge is -2.62. The molecule has 29 heavy (non-hydrogen) atoms. The van der Waals surface area contributed by atoms with E-state index in [0.29, 0.717) is 40.3 Å². The second-order valence-corrected chi connectivity index (χ2v) is 12.6. The first-order valence-corrected chi connectivity index (χ1v) is 12.9. The molecular formula is C27H46O2. The standard InChI is InChI=1S/C27H46O2/c1-17(2)7-6-8-18(3)21-9-10-22-25-23(12-14-27(21,22)5)26(4)13-11-20(28)15-19(26)16-24(25)29/h17-19,21-25,29H,6-16H2,1-5H3/t18?,19?,21?,22?,23?,24-,25?,26?,27?/m1/s1. The van der Waals surface area contributed by atoms with E-state index in [2.05, 4.69) is 34.6 Å². The number of hydrogen-bond acceptors (Lipinski definition) is 2. The topological polar surface area (TPSA) is 37.3 Å². The van der Waals surface area contributed by atoms with Crippen molar-refractivity contribution in [3.8, 4) is 0 Å². The molecule has 166 valence electrons. The Morgan fingerprint density at radius 2 is 1.72 bits per heavy atom. The van der Waals surface area contributed by atoms with Crippen molar-refractivity contribution in [1.82, 2.24) is 0 Å². The number of aliphatic hydroxyl groups is 1. The van der Waals surface area contributed by atoms with Gasteiger partial charge in [-0.15, -0.1) is 0 Å². The summed E-state index contributed by atoms with van der Waals surface area (Å²) in [6.07, 6.45) is 12.7. The van der Waals surface area contributed by atoms with Crippen molar-refractivity contribution in [3.63, 3.8) is 0 Å². The summed E-state index contributed by atoms with van der Waals surface area (Å²) in [5.41, 5.74) is 0.715. The first kappa shape index (κ1) is 21.8. The van der Waals surface area contributed by atoms with Gasteiger partial charge in [-0.05, 0) is 90.8 Å². The first-order chi connectivity index (χ1) is 13.7. The van der Waals surface area contributed by atoms with Gasteiger partial charge in [0.15, 0.2) is 0 Å². The number of fused-ring (bicyclic) bond motifs is 5. The van der Waals surface area contributed by atoms with Crippen LogP contribution in [0.25, 0.3) is 0 Å². The second-order valence-electron chi connectivity index (χ2n) is 12.6. The van der Waals surface area contributed by atoms with Crippen LogP contribution in [0.1, 0.15) is 105 Å². The van der Waals surface area contributed by atoms with Gasteiger partial charge in [0.25, 0.3) is 0 Å². The quantitative estimate of drug-likeness (QED) is 0.559. The third kappa shape index (κ3) is 3.64.